The molecule has 0 saturated heterocycles. The summed E-state index contributed by atoms with van der Waals surface area (Å²) in [7, 11) is 0. The van der Waals surface area contributed by atoms with Crippen molar-refractivity contribution in [2.75, 3.05) is 0 Å². The third-order valence-corrected chi connectivity index (χ3v) is 4.35. The smallest absolute Gasteiger partial charge is 0.237 e. The Morgan fingerprint density at radius 3 is 2.87 bits per heavy atom. The van der Waals surface area contributed by atoms with E-state index >= 15 is 0 Å². The van der Waals surface area contributed by atoms with Gasteiger partial charge >= 0.3 is 0 Å². The number of nitrogens with zero attached hydrogens (tertiary/aromatic N) is 1. The van der Waals surface area contributed by atoms with Crippen molar-refractivity contribution in [2.24, 2.45) is 0 Å². The molecule has 2 heterocycles. The average molecular weight is 309 g/mol. The van der Waals surface area contributed by atoms with Gasteiger partial charge in [0.1, 0.15) is 0 Å². The number of hydrogen-bond acceptors (Lipinski definition) is 3. The van der Waals surface area contributed by atoms with Crippen molar-refractivity contribution < 1.29 is 4.79 Å². The molecule has 2 N–H and O–H groups in total. The molecule has 2 aromatic rings. The molecule has 3 rings (SSSR count). The molecule has 1 amide bonds. The Kier molecular flexibility index (Phi) is 4.72. The summed E-state index contributed by atoms with van der Waals surface area (Å²) in [5.74, 6) is 0.490. The van der Waals surface area contributed by atoms with Crippen LogP contribution < -0.4 is 10.6 Å². The van der Waals surface area contributed by atoms with Crippen LogP contribution in [0, 0.1) is 0 Å². The Hall–Kier alpha value is -2.20. The SMILES string of the molecule is CC(C)c1cncc(CNC(=O)C2Cc3ccccc3CN2)c1. The number of pyridine rings is 1. The Balaban J connectivity index is 1.59. The number of benzene rings is 1. The van der Waals surface area contributed by atoms with Crippen LogP contribution in [0.4, 0.5) is 0 Å². The van der Waals surface area contributed by atoms with E-state index in [0.29, 0.717) is 12.5 Å². The Morgan fingerprint density at radius 2 is 2.09 bits per heavy atom. The lowest BCUT2D eigenvalue weighted by Gasteiger charge is -2.25. The van der Waals surface area contributed by atoms with Gasteiger partial charge in [0.2, 0.25) is 5.91 Å². The number of carbonyl (C=O) groups excluding carboxylic acids is 1. The van der Waals surface area contributed by atoms with Crippen LogP contribution in [0.3, 0.4) is 0 Å². The number of hydrogen-bond donors (Lipinski definition) is 2. The predicted octanol–water partition coefficient (Wildman–Crippen LogP) is 2.54. The van der Waals surface area contributed by atoms with Crippen LogP contribution in [0.5, 0.6) is 0 Å². The van der Waals surface area contributed by atoms with Crippen molar-refractivity contribution in [1.82, 2.24) is 15.6 Å². The van der Waals surface area contributed by atoms with Crippen LogP contribution in [-0.4, -0.2) is 16.9 Å². The molecule has 4 heteroatoms. The lowest BCUT2D eigenvalue weighted by molar-refractivity contribution is -0.123. The summed E-state index contributed by atoms with van der Waals surface area (Å²) in [4.78, 5) is 16.7. The minimum Gasteiger partial charge on any atom is -0.351 e. The Bertz CT molecular complexity index is 697. The first-order valence-electron chi connectivity index (χ1n) is 8.15. The van der Waals surface area contributed by atoms with Crippen LogP contribution >= 0.6 is 0 Å². The van der Waals surface area contributed by atoms with Gasteiger partial charge in [-0.15, -0.1) is 0 Å². The molecule has 0 fully saturated rings. The maximum absolute atomic E-state index is 12.4. The molecule has 1 atom stereocenters. The summed E-state index contributed by atoms with van der Waals surface area (Å²) in [6.45, 7) is 5.55. The fraction of sp³-hybridized carbons (Fsp3) is 0.368. The van der Waals surface area contributed by atoms with E-state index in [1.165, 1.54) is 16.7 Å². The quantitative estimate of drug-likeness (QED) is 0.912. The molecule has 1 aliphatic heterocycles. The number of fused-ring (bicyclic) bond motifs is 1. The third-order valence-electron chi connectivity index (χ3n) is 4.35. The summed E-state index contributed by atoms with van der Waals surface area (Å²) in [6.07, 6.45) is 4.44. The molecule has 23 heavy (non-hydrogen) atoms. The summed E-state index contributed by atoms with van der Waals surface area (Å²) in [5, 5.41) is 6.34. The zero-order valence-electron chi connectivity index (χ0n) is 13.7. The van der Waals surface area contributed by atoms with Crippen LogP contribution in [0.25, 0.3) is 0 Å². The van der Waals surface area contributed by atoms with E-state index in [-0.39, 0.29) is 11.9 Å². The fourth-order valence-corrected chi connectivity index (χ4v) is 2.87. The zero-order chi connectivity index (χ0) is 16.2. The molecule has 4 nitrogen and oxygen atoms in total. The van der Waals surface area contributed by atoms with E-state index < -0.39 is 0 Å². The molecule has 120 valence electrons. The first-order chi connectivity index (χ1) is 11.1. The van der Waals surface area contributed by atoms with Gasteiger partial charge in [0, 0.05) is 25.5 Å². The molecule has 0 spiro atoms. The van der Waals surface area contributed by atoms with Gasteiger partial charge in [-0.25, -0.2) is 0 Å². The van der Waals surface area contributed by atoms with Crippen LogP contribution in [-0.2, 0) is 24.3 Å². The highest BCUT2D eigenvalue weighted by Crippen LogP contribution is 2.17. The zero-order valence-corrected chi connectivity index (χ0v) is 13.7. The van der Waals surface area contributed by atoms with Crippen LogP contribution in [0.2, 0.25) is 0 Å². The number of amides is 1. The first kappa shape index (κ1) is 15.7. The second-order valence-corrected chi connectivity index (χ2v) is 6.41. The third kappa shape index (κ3) is 3.77. The maximum atomic E-state index is 12.4. The first-order valence-corrected chi connectivity index (χ1v) is 8.15. The van der Waals surface area contributed by atoms with E-state index in [9.17, 15) is 4.79 Å². The molecule has 1 unspecified atom stereocenters. The summed E-state index contributed by atoms with van der Waals surface area (Å²) < 4.78 is 0. The lowest BCUT2D eigenvalue weighted by Crippen LogP contribution is -2.47. The van der Waals surface area contributed by atoms with E-state index in [1.54, 1.807) is 0 Å². The van der Waals surface area contributed by atoms with E-state index in [0.717, 1.165) is 18.5 Å². The van der Waals surface area contributed by atoms with Crippen molar-refractivity contribution in [3.8, 4) is 0 Å². The minimum atomic E-state index is -0.161. The Labute approximate surface area is 137 Å². The van der Waals surface area contributed by atoms with Crippen LogP contribution in [0.15, 0.2) is 42.7 Å². The van der Waals surface area contributed by atoms with Gasteiger partial charge in [0.15, 0.2) is 0 Å². The second-order valence-electron chi connectivity index (χ2n) is 6.41. The highest BCUT2D eigenvalue weighted by atomic mass is 16.2. The summed E-state index contributed by atoms with van der Waals surface area (Å²) >= 11 is 0. The predicted molar refractivity (Wildman–Crippen MR) is 90.9 cm³/mol. The topological polar surface area (TPSA) is 54.0 Å². The van der Waals surface area contributed by atoms with Crippen LogP contribution in [0.1, 0.15) is 42.0 Å². The molecule has 1 aromatic carbocycles. The van der Waals surface area contributed by atoms with Gasteiger partial charge < -0.3 is 10.6 Å². The number of rotatable bonds is 4. The normalized spacial score (nSPS) is 16.9. The molecule has 0 radical (unpaired) electrons. The van der Waals surface area contributed by atoms with Gasteiger partial charge in [-0.1, -0.05) is 44.2 Å². The average Bonchev–Trinajstić information content (AvgIpc) is 2.59. The molecule has 0 bridgehead atoms. The fourth-order valence-electron chi connectivity index (χ4n) is 2.87. The van der Waals surface area contributed by atoms with Gasteiger partial charge in [0.25, 0.3) is 0 Å². The molecule has 1 aromatic heterocycles. The van der Waals surface area contributed by atoms with Gasteiger partial charge in [0.05, 0.1) is 6.04 Å². The lowest BCUT2D eigenvalue weighted by atomic mass is 9.95. The maximum Gasteiger partial charge on any atom is 0.237 e. The van der Waals surface area contributed by atoms with Crippen molar-refractivity contribution >= 4 is 5.91 Å². The number of carbonyl (C=O) groups is 1. The Morgan fingerprint density at radius 1 is 1.30 bits per heavy atom. The number of nitrogens with one attached hydrogen (secondary N) is 2. The second kappa shape index (κ2) is 6.92. The molecule has 1 aliphatic rings. The van der Waals surface area contributed by atoms with E-state index in [2.05, 4.69) is 47.7 Å². The van der Waals surface area contributed by atoms with Gasteiger partial charge in [-0.05, 0) is 34.6 Å². The highest BCUT2D eigenvalue weighted by Gasteiger charge is 2.23. The summed E-state index contributed by atoms with van der Waals surface area (Å²) in [5.41, 5.74) is 4.78. The highest BCUT2D eigenvalue weighted by molar-refractivity contribution is 5.82. The van der Waals surface area contributed by atoms with Crippen molar-refractivity contribution in [2.45, 2.75) is 45.3 Å². The van der Waals surface area contributed by atoms with Crippen molar-refractivity contribution in [3.05, 3.63) is 65.0 Å². The van der Waals surface area contributed by atoms with Gasteiger partial charge in [-0.3, -0.25) is 9.78 Å². The summed E-state index contributed by atoms with van der Waals surface area (Å²) in [6, 6.07) is 10.2. The molecule has 0 saturated carbocycles. The molecular formula is C19H23N3O. The largest absolute Gasteiger partial charge is 0.351 e. The number of aromatic nitrogens is 1. The van der Waals surface area contributed by atoms with E-state index in [1.807, 2.05) is 24.5 Å². The monoisotopic (exact) mass is 309 g/mol. The molecule has 0 aliphatic carbocycles. The van der Waals surface area contributed by atoms with E-state index in [4.69, 9.17) is 0 Å². The standard InChI is InChI=1S/C19H23N3O/c1-13(2)17-7-14(9-20-11-17)10-22-19(23)18-8-15-5-3-4-6-16(15)12-21-18/h3-7,9,11,13,18,21H,8,10,12H2,1-2H3,(H,22,23). The van der Waals surface area contributed by atoms with Crippen molar-refractivity contribution in [1.29, 1.82) is 0 Å². The van der Waals surface area contributed by atoms with Gasteiger partial charge in [-0.2, -0.15) is 0 Å². The molecular weight excluding hydrogens is 286 g/mol. The van der Waals surface area contributed by atoms with Crippen molar-refractivity contribution in [3.63, 3.8) is 0 Å². The minimum absolute atomic E-state index is 0.0504.